The molecule has 1 aromatic carbocycles. The zero-order valence-corrected chi connectivity index (χ0v) is 11.7. The molecular weight excluding hydrogens is 262 g/mol. The molecule has 0 atom stereocenters. The average Bonchev–Trinajstić information content (AvgIpc) is 2.85. The molecular formula is C13H15N3O2S. The topological polar surface area (TPSA) is 68.1 Å². The van der Waals surface area contributed by atoms with E-state index in [0.717, 1.165) is 22.7 Å². The maximum Gasteiger partial charge on any atom is 0.271 e. The summed E-state index contributed by atoms with van der Waals surface area (Å²) in [7, 11) is 0. The van der Waals surface area contributed by atoms with Gasteiger partial charge in [-0.2, -0.15) is 0 Å². The van der Waals surface area contributed by atoms with Gasteiger partial charge in [-0.05, 0) is 18.9 Å². The minimum Gasteiger partial charge on any atom is -0.378 e. The van der Waals surface area contributed by atoms with Crippen molar-refractivity contribution in [3.05, 3.63) is 50.0 Å². The highest BCUT2D eigenvalue weighted by Crippen LogP contribution is 2.23. The predicted octanol–water partition coefficient (Wildman–Crippen LogP) is 3.53. The SMILES string of the molecule is CCc1cnc(CNc2cc([N+](=O)[O-])ccc2C)s1. The lowest BCUT2D eigenvalue weighted by molar-refractivity contribution is -0.384. The van der Waals surface area contributed by atoms with Crippen molar-refractivity contribution in [3.63, 3.8) is 0 Å². The van der Waals surface area contributed by atoms with E-state index < -0.39 is 0 Å². The average molecular weight is 277 g/mol. The van der Waals surface area contributed by atoms with Crippen LogP contribution >= 0.6 is 11.3 Å². The second-order valence-corrected chi connectivity index (χ2v) is 5.38. The molecule has 2 aromatic rings. The van der Waals surface area contributed by atoms with E-state index in [1.165, 1.54) is 10.9 Å². The van der Waals surface area contributed by atoms with Crippen LogP contribution in [0.1, 0.15) is 22.4 Å². The molecule has 0 unspecified atom stereocenters. The van der Waals surface area contributed by atoms with Crippen molar-refractivity contribution in [2.75, 3.05) is 5.32 Å². The van der Waals surface area contributed by atoms with E-state index in [0.29, 0.717) is 6.54 Å². The zero-order chi connectivity index (χ0) is 13.8. The van der Waals surface area contributed by atoms with Crippen molar-refractivity contribution >= 4 is 22.7 Å². The molecule has 1 heterocycles. The molecule has 0 radical (unpaired) electrons. The maximum absolute atomic E-state index is 10.7. The maximum atomic E-state index is 10.7. The molecule has 2 rings (SSSR count). The molecule has 0 aliphatic heterocycles. The van der Waals surface area contributed by atoms with Gasteiger partial charge in [0, 0.05) is 28.9 Å². The molecule has 0 bridgehead atoms. The van der Waals surface area contributed by atoms with Gasteiger partial charge < -0.3 is 5.32 Å². The lowest BCUT2D eigenvalue weighted by Gasteiger charge is -2.07. The van der Waals surface area contributed by atoms with Crippen LogP contribution in [0, 0.1) is 17.0 Å². The van der Waals surface area contributed by atoms with Gasteiger partial charge in [0.1, 0.15) is 5.01 Å². The third kappa shape index (κ3) is 3.29. The third-order valence-electron chi connectivity index (χ3n) is 2.81. The fourth-order valence-corrected chi connectivity index (χ4v) is 2.48. The van der Waals surface area contributed by atoms with Crippen molar-refractivity contribution < 1.29 is 4.92 Å². The summed E-state index contributed by atoms with van der Waals surface area (Å²) >= 11 is 1.66. The van der Waals surface area contributed by atoms with Gasteiger partial charge in [-0.1, -0.05) is 13.0 Å². The number of thiazole rings is 1. The Morgan fingerprint density at radius 1 is 1.47 bits per heavy atom. The molecule has 0 saturated heterocycles. The van der Waals surface area contributed by atoms with E-state index >= 15 is 0 Å². The number of rotatable bonds is 5. The Balaban J connectivity index is 2.10. The Kier molecular flexibility index (Phi) is 4.11. The summed E-state index contributed by atoms with van der Waals surface area (Å²) < 4.78 is 0. The van der Waals surface area contributed by atoms with Gasteiger partial charge in [0.25, 0.3) is 5.69 Å². The molecule has 100 valence electrons. The van der Waals surface area contributed by atoms with Crippen LogP contribution in [0.3, 0.4) is 0 Å². The van der Waals surface area contributed by atoms with Crippen molar-refractivity contribution in [2.45, 2.75) is 26.8 Å². The largest absolute Gasteiger partial charge is 0.378 e. The van der Waals surface area contributed by atoms with Crippen LogP contribution in [0.4, 0.5) is 11.4 Å². The fourth-order valence-electron chi connectivity index (χ4n) is 1.68. The van der Waals surface area contributed by atoms with E-state index in [4.69, 9.17) is 0 Å². The van der Waals surface area contributed by atoms with Gasteiger partial charge in [0.2, 0.25) is 0 Å². The zero-order valence-electron chi connectivity index (χ0n) is 10.8. The minimum atomic E-state index is -0.386. The predicted molar refractivity (Wildman–Crippen MR) is 76.7 cm³/mol. The molecule has 1 N–H and O–H groups in total. The number of anilines is 1. The monoisotopic (exact) mass is 277 g/mol. The standard InChI is InChI=1S/C13H15N3O2S/c1-3-11-7-15-13(19-11)8-14-12-6-10(16(17)18)5-4-9(12)2/h4-7,14H,3,8H2,1-2H3. The summed E-state index contributed by atoms with van der Waals surface area (Å²) in [4.78, 5) is 15.9. The molecule has 0 amide bonds. The van der Waals surface area contributed by atoms with E-state index in [2.05, 4.69) is 17.2 Å². The molecule has 0 aliphatic carbocycles. The van der Waals surface area contributed by atoms with Gasteiger partial charge in [-0.25, -0.2) is 4.98 Å². The van der Waals surface area contributed by atoms with E-state index in [-0.39, 0.29) is 10.6 Å². The van der Waals surface area contributed by atoms with Crippen LogP contribution in [-0.4, -0.2) is 9.91 Å². The van der Waals surface area contributed by atoms with Gasteiger partial charge in [0.15, 0.2) is 0 Å². The van der Waals surface area contributed by atoms with Crippen LogP contribution in [0.15, 0.2) is 24.4 Å². The normalized spacial score (nSPS) is 10.4. The first-order valence-electron chi connectivity index (χ1n) is 6.02. The number of nitro groups is 1. The number of aromatic nitrogens is 1. The van der Waals surface area contributed by atoms with Gasteiger partial charge in [0.05, 0.1) is 11.5 Å². The molecule has 0 saturated carbocycles. The first kappa shape index (κ1) is 13.5. The second kappa shape index (κ2) is 5.79. The van der Waals surface area contributed by atoms with E-state index in [9.17, 15) is 10.1 Å². The number of nitro benzene ring substituents is 1. The van der Waals surface area contributed by atoms with Crippen LogP contribution in [0.2, 0.25) is 0 Å². The summed E-state index contributed by atoms with van der Waals surface area (Å²) in [5, 5.41) is 14.9. The summed E-state index contributed by atoms with van der Waals surface area (Å²) in [6.07, 6.45) is 2.86. The lowest BCUT2D eigenvalue weighted by atomic mass is 10.2. The van der Waals surface area contributed by atoms with Crippen LogP contribution in [0.5, 0.6) is 0 Å². The smallest absolute Gasteiger partial charge is 0.271 e. The molecule has 1 aromatic heterocycles. The molecule has 5 nitrogen and oxygen atoms in total. The van der Waals surface area contributed by atoms with Crippen LogP contribution in [0.25, 0.3) is 0 Å². The van der Waals surface area contributed by atoms with Gasteiger partial charge in [-0.15, -0.1) is 11.3 Å². The summed E-state index contributed by atoms with van der Waals surface area (Å²) in [5.74, 6) is 0. The van der Waals surface area contributed by atoms with Crippen LogP contribution < -0.4 is 5.32 Å². The minimum absolute atomic E-state index is 0.0986. The number of hydrogen-bond donors (Lipinski definition) is 1. The summed E-state index contributed by atoms with van der Waals surface area (Å²) in [5.41, 5.74) is 1.86. The molecule has 6 heteroatoms. The lowest BCUT2D eigenvalue weighted by Crippen LogP contribution is -2.01. The van der Waals surface area contributed by atoms with Gasteiger partial charge in [-0.3, -0.25) is 10.1 Å². The highest BCUT2D eigenvalue weighted by Gasteiger charge is 2.09. The summed E-state index contributed by atoms with van der Waals surface area (Å²) in [6.45, 7) is 4.60. The van der Waals surface area contributed by atoms with Crippen molar-refractivity contribution in [3.8, 4) is 0 Å². The highest BCUT2D eigenvalue weighted by molar-refractivity contribution is 7.11. The fraction of sp³-hybridized carbons (Fsp3) is 0.308. The molecule has 19 heavy (non-hydrogen) atoms. The summed E-state index contributed by atoms with van der Waals surface area (Å²) in [6, 6.07) is 4.82. The van der Waals surface area contributed by atoms with E-state index in [1.54, 1.807) is 23.5 Å². The second-order valence-electron chi connectivity index (χ2n) is 4.18. The first-order valence-corrected chi connectivity index (χ1v) is 6.84. The van der Waals surface area contributed by atoms with Crippen molar-refractivity contribution in [1.29, 1.82) is 0 Å². The number of nitrogens with zero attached hydrogens (tertiary/aromatic N) is 2. The molecule has 0 fully saturated rings. The number of benzene rings is 1. The number of hydrogen-bond acceptors (Lipinski definition) is 5. The van der Waals surface area contributed by atoms with Crippen molar-refractivity contribution in [1.82, 2.24) is 4.98 Å². The highest BCUT2D eigenvalue weighted by atomic mass is 32.1. The molecule has 0 spiro atoms. The Morgan fingerprint density at radius 3 is 2.89 bits per heavy atom. The molecule has 0 aliphatic rings. The quantitative estimate of drug-likeness (QED) is 0.670. The van der Waals surface area contributed by atoms with E-state index in [1.807, 2.05) is 13.1 Å². The van der Waals surface area contributed by atoms with Crippen molar-refractivity contribution in [2.24, 2.45) is 0 Å². The Hall–Kier alpha value is -1.95. The Labute approximate surface area is 115 Å². The van der Waals surface area contributed by atoms with Crippen LogP contribution in [-0.2, 0) is 13.0 Å². The third-order valence-corrected chi connectivity index (χ3v) is 3.95. The number of aryl methyl sites for hydroxylation is 2. The Bertz CT molecular complexity index is 595. The number of non-ortho nitro benzene ring substituents is 1. The Morgan fingerprint density at radius 2 is 2.26 bits per heavy atom. The number of nitrogens with one attached hydrogen (secondary N) is 1. The van der Waals surface area contributed by atoms with Gasteiger partial charge >= 0.3 is 0 Å². The first-order chi connectivity index (χ1) is 9.10.